The summed E-state index contributed by atoms with van der Waals surface area (Å²) >= 11 is 17.3. The largest absolute Gasteiger partial charge is 0.429 e. The fraction of sp³-hybridized carbons (Fsp3) is 0. The minimum atomic E-state index is 0.759. The highest BCUT2D eigenvalue weighted by molar-refractivity contribution is 7.78. The fourth-order valence-electron chi connectivity index (χ4n) is 0.256. The average molecular weight is 196 g/mol. The van der Waals surface area contributed by atoms with Gasteiger partial charge in [0.2, 0.25) is 0 Å². The summed E-state index contributed by atoms with van der Waals surface area (Å²) in [4.78, 5) is 0. The minimum Gasteiger partial charge on any atom is -0.429 e. The molecule has 0 unspecified atom stereocenters. The Labute approximate surface area is 71.4 Å². The molecule has 8 heavy (non-hydrogen) atoms. The van der Waals surface area contributed by atoms with E-state index in [2.05, 4.69) is 0 Å². The Bertz CT molecular complexity index is 208. The SMILES string of the molecule is S=c1sc([S-])c([S-])s1. The summed E-state index contributed by atoms with van der Waals surface area (Å²) < 4.78 is 2.35. The number of hydrogen-bond acceptors (Lipinski definition) is 5. The molecule has 1 aromatic heterocycles. The molecular weight excluding hydrogens is 196 g/mol. The summed E-state index contributed by atoms with van der Waals surface area (Å²) in [6, 6.07) is 0. The second kappa shape index (κ2) is 2.53. The number of rotatable bonds is 0. The van der Waals surface area contributed by atoms with Crippen LogP contribution in [0.15, 0.2) is 8.42 Å². The van der Waals surface area contributed by atoms with E-state index in [1.165, 1.54) is 22.7 Å². The van der Waals surface area contributed by atoms with E-state index in [-0.39, 0.29) is 0 Å². The fourth-order valence-corrected chi connectivity index (χ4v) is 3.52. The van der Waals surface area contributed by atoms with Gasteiger partial charge in [0.1, 0.15) is 0 Å². The molecule has 0 amide bonds. The molecule has 0 spiro atoms. The predicted molar refractivity (Wildman–Crippen MR) is 44.3 cm³/mol. The highest BCUT2D eigenvalue weighted by Crippen LogP contribution is 2.23. The maximum atomic E-state index is 4.83. The van der Waals surface area contributed by atoms with E-state index in [0.717, 1.165) is 11.6 Å². The van der Waals surface area contributed by atoms with Crippen LogP contribution in [0.3, 0.4) is 0 Å². The van der Waals surface area contributed by atoms with Crippen molar-refractivity contribution >= 4 is 60.1 Å². The molecule has 0 saturated heterocycles. The summed E-state index contributed by atoms with van der Waals surface area (Å²) in [5.74, 6) is 0. The van der Waals surface area contributed by atoms with E-state index < -0.39 is 0 Å². The van der Waals surface area contributed by atoms with Crippen molar-refractivity contribution < 1.29 is 0 Å². The van der Waals surface area contributed by atoms with Crippen LogP contribution in [-0.4, -0.2) is 0 Å². The second-order valence-electron chi connectivity index (χ2n) is 1.03. The lowest BCUT2D eigenvalue weighted by Crippen LogP contribution is -1.57. The molecular formula is C3S5-2. The van der Waals surface area contributed by atoms with E-state index in [4.69, 9.17) is 37.5 Å². The molecule has 0 aromatic carbocycles. The van der Waals surface area contributed by atoms with Gasteiger partial charge in [-0.05, 0) is 3.14 Å². The van der Waals surface area contributed by atoms with Gasteiger partial charge in [0.05, 0.1) is 0 Å². The van der Waals surface area contributed by atoms with Gasteiger partial charge in [0.25, 0.3) is 0 Å². The molecule has 0 aliphatic carbocycles. The third kappa shape index (κ3) is 1.35. The molecule has 0 atom stereocenters. The molecule has 0 N–H and O–H groups in total. The van der Waals surface area contributed by atoms with Crippen LogP contribution in [0.2, 0.25) is 0 Å². The van der Waals surface area contributed by atoms with Crippen molar-refractivity contribution in [2.24, 2.45) is 0 Å². The Morgan fingerprint density at radius 2 is 1.50 bits per heavy atom. The Kier molecular flexibility index (Phi) is 2.16. The zero-order valence-electron chi connectivity index (χ0n) is 3.54. The van der Waals surface area contributed by atoms with Gasteiger partial charge in [0.15, 0.2) is 0 Å². The molecule has 5 heteroatoms. The van der Waals surface area contributed by atoms with Gasteiger partial charge >= 0.3 is 0 Å². The van der Waals surface area contributed by atoms with Gasteiger partial charge in [-0.2, -0.15) is 0 Å². The smallest absolute Gasteiger partial charge is 0.0460 e. The first kappa shape index (κ1) is 6.82. The minimum absolute atomic E-state index is 0.759. The highest BCUT2D eigenvalue weighted by atomic mass is 32.2. The summed E-state index contributed by atoms with van der Waals surface area (Å²) in [6.07, 6.45) is 0. The molecule has 0 nitrogen and oxygen atoms in total. The van der Waals surface area contributed by atoms with Crippen LogP contribution < -0.4 is 0 Å². The van der Waals surface area contributed by atoms with Crippen molar-refractivity contribution in [3.8, 4) is 0 Å². The molecule has 1 rings (SSSR count). The second-order valence-corrected chi connectivity index (χ2v) is 5.59. The van der Waals surface area contributed by atoms with Crippen molar-refractivity contribution in [2.75, 3.05) is 0 Å². The molecule has 0 fully saturated rings. The van der Waals surface area contributed by atoms with Crippen LogP contribution in [0.25, 0.3) is 0 Å². The lowest BCUT2D eigenvalue weighted by molar-refractivity contribution is 1.56. The molecule has 0 aliphatic heterocycles. The maximum Gasteiger partial charge on any atom is -0.0460 e. The zero-order valence-corrected chi connectivity index (χ0v) is 7.62. The third-order valence-electron chi connectivity index (χ3n) is 0.519. The van der Waals surface area contributed by atoms with Crippen LogP contribution in [0, 0.1) is 3.14 Å². The lowest BCUT2D eigenvalue weighted by atomic mass is 11.1. The molecule has 0 radical (unpaired) electrons. The molecule has 44 valence electrons. The Morgan fingerprint density at radius 3 is 1.62 bits per heavy atom. The standard InChI is InChI=1S/C3H2S5/c4-1-2(5)8-3(6)7-1/h4-5H/p-2. The average Bonchev–Trinajstić information content (AvgIpc) is 1.85. The van der Waals surface area contributed by atoms with Gasteiger partial charge in [-0.3, -0.25) is 0 Å². The van der Waals surface area contributed by atoms with Crippen LogP contribution >= 0.6 is 34.9 Å². The molecule has 0 aliphatic rings. The summed E-state index contributed by atoms with van der Waals surface area (Å²) in [5.41, 5.74) is 0. The lowest BCUT2D eigenvalue weighted by Gasteiger charge is -1.99. The van der Waals surface area contributed by atoms with Crippen molar-refractivity contribution in [2.45, 2.75) is 8.42 Å². The number of hydrogen-bond donors (Lipinski definition) is 0. The van der Waals surface area contributed by atoms with Crippen molar-refractivity contribution in [3.63, 3.8) is 0 Å². The van der Waals surface area contributed by atoms with E-state index in [9.17, 15) is 0 Å². The van der Waals surface area contributed by atoms with Crippen molar-refractivity contribution in [3.05, 3.63) is 3.14 Å². The summed E-state index contributed by atoms with van der Waals surface area (Å²) in [7, 11) is 0. The normalized spacial score (nSPS) is 9.50. The van der Waals surface area contributed by atoms with Crippen molar-refractivity contribution in [1.82, 2.24) is 0 Å². The van der Waals surface area contributed by atoms with Gasteiger partial charge in [-0.25, -0.2) is 0 Å². The zero-order chi connectivity index (χ0) is 6.15. The first-order valence-corrected chi connectivity index (χ1v) is 4.54. The van der Waals surface area contributed by atoms with Crippen LogP contribution in [0.4, 0.5) is 0 Å². The highest BCUT2D eigenvalue weighted by Gasteiger charge is 1.72. The van der Waals surface area contributed by atoms with Crippen LogP contribution in [-0.2, 0) is 25.3 Å². The summed E-state index contributed by atoms with van der Waals surface area (Å²) in [6.45, 7) is 0. The first-order valence-electron chi connectivity index (χ1n) is 1.68. The first-order chi connectivity index (χ1) is 3.70. The van der Waals surface area contributed by atoms with E-state index in [1.54, 1.807) is 0 Å². The van der Waals surface area contributed by atoms with E-state index in [1.807, 2.05) is 0 Å². The van der Waals surface area contributed by atoms with Gasteiger partial charge in [-0.1, -0.05) is 0 Å². The van der Waals surface area contributed by atoms with Crippen LogP contribution in [0.5, 0.6) is 0 Å². The Balaban J connectivity index is 3.35. The molecule has 0 saturated carbocycles. The molecule has 1 heterocycles. The van der Waals surface area contributed by atoms with E-state index >= 15 is 0 Å². The topological polar surface area (TPSA) is 0 Å². The van der Waals surface area contributed by atoms with Gasteiger partial charge in [-0.15, -0.1) is 20.6 Å². The predicted octanol–water partition coefficient (Wildman–Crippen LogP) is 2.35. The Morgan fingerprint density at radius 1 is 1.12 bits per heavy atom. The maximum absolute atomic E-state index is 4.83. The van der Waals surface area contributed by atoms with Crippen LogP contribution in [0.1, 0.15) is 0 Å². The summed E-state index contributed by atoms with van der Waals surface area (Å²) in [5, 5.41) is 0. The van der Waals surface area contributed by atoms with Gasteiger partial charge < -0.3 is 47.9 Å². The third-order valence-corrected chi connectivity index (χ3v) is 4.06. The monoisotopic (exact) mass is 196 g/mol. The quantitative estimate of drug-likeness (QED) is 0.462. The van der Waals surface area contributed by atoms with Gasteiger partial charge in [0, 0.05) is 0 Å². The Hall–Kier alpha value is 0.710. The van der Waals surface area contributed by atoms with Crippen molar-refractivity contribution in [1.29, 1.82) is 0 Å². The van der Waals surface area contributed by atoms with E-state index in [0.29, 0.717) is 0 Å². The molecule has 0 bridgehead atoms. The molecule has 1 aromatic rings.